The molecule has 0 aromatic carbocycles. The van der Waals surface area contributed by atoms with Crippen molar-refractivity contribution in [3.05, 3.63) is 0 Å². The Kier molecular flexibility index (Phi) is 3.04. The highest BCUT2D eigenvalue weighted by atomic mass is 16.5. The third-order valence-corrected chi connectivity index (χ3v) is 3.73. The van der Waals surface area contributed by atoms with Gasteiger partial charge in [-0.25, -0.2) is 0 Å². The molecule has 0 aliphatic carbocycles. The van der Waals surface area contributed by atoms with E-state index in [-0.39, 0.29) is 0 Å². The summed E-state index contributed by atoms with van der Waals surface area (Å²) in [6.45, 7) is 8.76. The molecule has 1 aliphatic rings. The molecular formula is C12H21NO4. The first kappa shape index (κ1) is 14.0. The molecule has 0 aromatic heterocycles. The summed E-state index contributed by atoms with van der Waals surface area (Å²) >= 11 is 0. The zero-order valence-corrected chi connectivity index (χ0v) is 11.0. The monoisotopic (exact) mass is 243 g/mol. The Bertz CT molecular complexity index is 346. The maximum atomic E-state index is 11.5. The van der Waals surface area contributed by atoms with E-state index in [1.54, 1.807) is 13.8 Å². The number of ether oxygens (including phenoxy) is 1. The lowest BCUT2D eigenvalue weighted by molar-refractivity contribution is -0.163. The van der Waals surface area contributed by atoms with Crippen molar-refractivity contribution in [3.63, 3.8) is 0 Å². The molecule has 1 heterocycles. The highest BCUT2D eigenvalue weighted by Gasteiger charge is 2.59. The molecule has 5 heteroatoms. The number of amides is 1. The summed E-state index contributed by atoms with van der Waals surface area (Å²) in [4.78, 5) is 22.9. The van der Waals surface area contributed by atoms with Crippen molar-refractivity contribution in [1.29, 1.82) is 0 Å². The number of carboxylic acid groups (broad SMARTS) is 1. The fraction of sp³-hybridized carbons (Fsp3) is 0.833. The number of hydrogen-bond donors (Lipinski definition) is 2. The van der Waals surface area contributed by atoms with E-state index in [0.29, 0.717) is 6.42 Å². The molecule has 2 unspecified atom stereocenters. The van der Waals surface area contributed by atoms with Crippen LogP contribution in [-0.4, -0.2) is 28.2 Å². The Balaban J connectivity index is 3.22. The van der Waals surface area contributed by atoms with Gasteiger partial charge in [-0.05, 0) is 41.0 Å². The first-order valence-electron chi connectivity index (χ1n) is 5.67. The molecular weight excluding hydrogens is 222 g/mol. The van der Waals surface area contributed by atoms with Gasteiger partial charge in [0.05, 0.1) is 11.2 Å². The molecule has 5 nitrogen and oxygen atoms in total. The van der Waals surface area contributed by atoms with Crippen LogP contribution in [0.25, 0.3) is 0 Å². The SMILES string of the molecule is CC1(C)CC(C(C)(C(N)=O)C(=O)O)C(C)(C)O1. The minimum Gasteiger partial charge on any atom is -0.480 e. The second-order valence-electron chi connectivity index (χ2n) is 6.09. The summed E-state index contributed by atoms with van der Waals surface area (Å²) < 4.78 is 5.82. The van der Waals surface area contributed by atoms with Gasteiger partial charge >= 0.3 is 5.97 Å². The number of primary amides is 1. The molecule has 98 valence electrons. The van der Waals surface area contributed by atoms with Gasteiger partial charge in [-0.2, -0.15) is 0 Å². The molecule has 0 saturated carbocycles. The van der Waals surface area contributed by atoms with Gasteiger partial charge in [0.25, 0.3) is 0 Å². The molecule has 0 aromatic rings. The largest absolute Gasteiger partial charge is 0.480 e. The van der Waals surface area contributed by atoms with E-state index in [1.807, 2.05) is 13.8 Å². The molecule has 2 atom stereocenters. The normalized spacial score (nSPS) is 29.6. The Labute approximate surface area is 101 Å². The fourth-order valence-electron chi connectivity index (χ4n) is 2.89. The van der Waals surface area contributed by atoms with Crippen LogP contribution in [0.4, 0.5) is 0 Å². The quantitative estimate of drug-likeness (QED) is 0.728. The first-order chi connectivity index (χ1) is 7.43. The lowest BCUT2D eigenvalue weighted by Crippen LogP contribution is -2.52. The van der Waals surface area contributed by atoms with E-state index >= 15 is 0 Å². The molecule has 1 fully saturated rings. The van der Waals surface area contributed by atoms with Crippen LogP contribution in [0.5, 0.6) is 0 Å². The summed E-state index contributed by atoms with van der Waals surface area (Å²) in [7, 11) is 0. The van der Waals surface area contributed by atoms with Crippen molar-refractivity contribution < 1.29 is 19.4 Å². The van der Waals surface area contributed by atoms with Gasteiger partial charge in [0.15, 0.2) is 0 Å². The molecule has 1 rings (SSSR count). The van der Waals surface area contributed by atoms with Gasteiger partial charge in [0.1, 0.15) is 5.41 Å². The highest BCUT2D eigenvalue weighted by Crippen LogP contribution is 2.50. The Morgan fingerprint density at radius 1 is 1.35 bits per heavy atom. The van der Waals surface area contributed by atoms with Crippen molar-refractivity contribution in [2.24, 2.45) is 17.1 Å². The van der Waals surface area contributed by atoms with Crippen LogP contribution in [0.3, 0.4) is 0 Å². The average molecular weight is 243 g/mol. The third-order valence-electron chi connectivity index (χ3n) is 3.73. The summed E-state index contributed by atoms with van der Waals surface area (Å²) in [6.07, 6.45) is 0.492. The fourth-order valence-corrected chi connectivity index (χ4v) is 2.89. The molecule has 0 spiro atoms. The maximum Gasteiger partial charge on any atom is 0.319 e. The van der Waals surface area contributed by atoms with Crippen molar-refractivity contribution in [2.75, 3.05) is 0 Å². The predicted molar refractivity (Wildman–Crippen MR) is 62.3 cm³/mol. The lowest BCUT2D eigenvalue weighted by Gasteiger charge is -2.35. The first-order valence-corrected chi connectivity index (χ1v) is 5.67. The molecule has 0 radical (unpaired) electrons. The maximum absolute atomic E-state index is 11.5. The van der Waals surface area contributed by atoms with Gasteiger partial charge in [-0.15, -0.1) is 0 Å². The molecule has 1 saturated heterocycles. The Morgan fingerprint density at radius 3 is 2.06 bits per heavy atom. The van der Waals surface area contributed by atoms with Gasteiger partial charge in [0, 0.05) is 5.92 Å². The molecule has 3 N–H and O–H groups in total. The molecule has 17 heavy (non-hydrogen) atoms. The van der Waals surface area contributed by atoms with Crippen LogP contribution in [-0.2, 0) is 14.3 Å². The second kappa shape index (κ2) is 3.70. The molecule has 1 aliphatic heterocycles. The standard InChI is InChI=1S/C12H21NO4/c1-10(2)6-7(11(3,4)17-10)12(5,8(13)14)9(15)16/h7H,6H2,1-5H3,(H2,13,14)(H,15,16). The minimum absolute atomic E-state index is 0.444. The smallest absolute Gasteiger partial charge is 0.319 e. The van der Waals surface area contributed by atoms with Crippen LogP contribution in [0, 0.1) is 11.3 Å². The van der Waals surface area contributed by atoms with Crippen molar-refractivity contribution >= 4 is 11.9 Å². The van der Waals surface area contributed by atoms with Crippen molar-refractivity contribution in [2.45, 2.75) is 52.2 Å². The van der Waals surface area contributed by atoms with Crippen LogP contribution in [0.1, 0.15) is 41.0 Å². The highest BCUT2D eigenvalue weighted by molar-refractivity contribution is 6.01. The van der Waals surface area contributed by atoms with Gasteiger partial charge in [-0.1, -0.05) is 0 Å². The average Bonchev–Trinajstić information content (AvgIpc) is 2.32. The summed E-state index contributed by atoms with van der Waals surface area (Å²) in [6, 6.07) is 0. The Hall–Kier alpha value is -1.10. The number of hydrogen-bond acceptors (Lipinski definition) is 3. The topological polar surface area (TPSA) is 89.6 Å². The summed E-state index contributed by atoms with van der Waals surface area (Å²) in [5, 5.41) is 9.31. The van der Waals surface area contributed by atoms with Gasteiger partial charge in [-0.3, -0.25) is 9.59 Å². The zero-order valence-electron chi connectivity index (χ0n) is 11.0. The van der Waals surface area contributed by atoms with E-state index in [2.05, 4.69) is 0 Å². The van der Waals surface area contributed by atoms with E-state index in [1.165, 1.54) is 6.92 Å². The molecule has 1 amide bonds. The number of nitrogens with two attached hydrogens (primary N) is 1. The van der Waals surface area contributed by atoms with Crippen molar-refractivity contribution in [1.82, 2.24) is 0 Å². The third kappa shape index (κ3) is 2.16. The number of carbonyl (C=O) groups excluding carboxylic acids is 1. The Morgan fingerprint density at radius 2 is 1.82 bits per heavy atom. The lowest BCUT2D eigenvalue weighted by atomic mass is 9.67. The van der Waals surface area contributed by atoms with E-state index in [4.69, 9.17) is 10.5 Å². The van der Waals surface area contributed by atoms with Crippen LogP contribution in [0.2, 0.25) is 0 Å². The minimum atomic E-state index is -1.60. The van der Waals surface area contributed by atoms with Gasteiger partial charge in [0.2, 0.25) is 5.91 Å². The number of aliphatic carboxylic acids is 1. The summed E-state index contributed by atoms with van der Waals surface area (Å²) in [5.41, 5.74) is 2.55. The second-order valence-corrected chi connectivity index (χ2v) is 6.09. The predicted octanol–water partition coefficient (Wildman–Crippen LogP) is 1.16. The van der Waals surface area contributed by atoms with E-state index in [0.717, 1.165) is 0 Å². The number of carboxylic acids is 1. The summed E-state index contributed by atoms with van der Waals surface area (Å²) in [5.74, 6) is -2.45. The van der Waals surface area contributed by atoms with E-state index < -0.39 is 34.4 Å². The van der Waals surface area contributed by atoms with Gasteiger partial charge < -0.3 is 15.6 Å². The number of carbonyl (C=O) groups is 2. The molecule has 0 bridgehead atoms. The van der Waals surface area contributed by atoms with Crippen LogP contribution >= 0.6 is 0 Å². The van der Waals surface area contributed by atoms with Crippen LogP contribution < -0.4 is 5.73 Å². The number of rotatable bonds is 3. The van der Waals surface area contributed by atoms with E-state index in [9.17, 15) is 14.7 Å². The van der Waals surface area contributed by atoms with Crippen molar-refractivity contribution in [3.8, 4) is 0 Å². The zero-order chi connectivity index (χ0) is 13.6. The van der Waals surface area contributed by atoms with Crippen LogP contribution in [0.15, 0.2) is 0 Å².